The van der Waals surface area contributed by atoms with Crippen LogP contribution in [0.5, 0.6) is 5.75 Å². The largest absolute Gasteiger partial charge is 0.491 e. The van der Waals surface area contributed by atoms with E-state index < -0.39 is 0 Å². The molecule has 0 radical (unpaired) electrons. The lowest BCUT2D eigenvalue weighted by molar-refractivity contribution is 0.0963. The quantitative estimate of drug-likeness (QED) is 0.896. The predicted molar refractivity (Wildman–Crippen MR) is 79.5 cm³/mol. The topological polar surface area (TPSA) is 41.6 Å². The Kier molecular flexibility index (Phi) is 3.55. The van der Waals surface area contributed by atoms with Crippen molar-refractivity contribution in [1.82, 2.24) is 5.32 Å². The maximum Gasteiger partial charge on any atom is 0.253 e. The number of amides is 1. The number of anilines is 1. The molecule has 4 nitrogen and oxygen atoms in total. The maximum atomic E-state index is 12.1. The van der Waals surface area contributed by atoms with E-state index in [0.717, 1.165) is 35.9 Å². The number of nitrogens with zero attached hydrogens (tertiary/aromatic N) is 1. The van der Waals surface area contributed by atoms with Crippen LogP contribution in [0.25, 0.3) is 0 Å². The molecule has 20 heavy (non-hydrogen) atoms. The summed E-state index contributed by atoms with van der Waals surface area (Å²) in [7, 11) is 1.68. The lowest BCUT2D eigenvalue weighted by Crippen LogP contribution is -2.28. The second kappa shape index (κ2) is 5.35. The van der Waals surface area contributed by atoms with Gasteiger partial charge in [0.15, 0.2) is 0 Å². The monoisotopic (exact) mass is 274 g/mol. The number of rotatable bonds is 5. The summed E-state index contributed by atoms with van der Waals surface area (Å²) >= 11 is 0. The van der Waals surface area contributed by atoms with Crippen LogP contribution in [-0.2, 0) is 0 Å². The number of hydrogen-bond donors (Lipinski definition) is 1. The Morgan fingerprint density at radius 3 is 2.95 bits per heavy atom. The van der Waals surface area contributed by atoms with Crippen molar-refractivity contribution in [2.75, 3.05) is 25.1 Å². The fraction of sp³-hybridized carbons (Fsp3) is 0.562. The lowest BCUT2D eigenvalue weighted by Gasteiger charge is -2.26. The standard InChI is InChI=1S/C16H22N2O2/c1-3-9-20-14-6-4-5-12(16(19)17-2)15(14)18-8-7-11-10-13(11)18/h4-6,11,13H,3,7-10H2,1-2H3,(H,17,19). The van der Waals surface area contributed by atoms with Crippen molar-refractivity contribution < 1.29 is 9.53 Å². The van der Waals surface area contributed by atoms with E-state index in [9.17, 15) is 4.79 Å². The van der Waals surface area contributed by atoms with Crippen LogP contribution in [-0.4, -0.2) is 32.1 Å². The molecule has 1 aromatic rings. The van der Waals surface area contributed by atoms with Gasteiger partial charge in [0.25, 0.3) is 5.91 Å². The third kappa shape index (κ3) is 2.23. The summed E-state index contributed by atoms with van der Waals surface area (Å²) in [6.45, 7) is 3.81. The van der Waals surface area contributed by atoms with E-state index in [1.807, 2.05) is 18.2 Å². The average Bonchev–Trinajstić information content (AvgIpc) is 3.15. The Hall–Kier alpha value is -1.71. The fourth-order valence-electron chi connectivity index (χ4n) is 3.14. The summed E-state index contributed by atoms with van der Waals surface area (Å²) in [4.78, 5) is 14.5. The van der Waals surface area contributed by atoms with Crippen LogP contribution in [0.4, 0.5) is 5.69 Å². The molecule has 108 valence electrons. The minimum Gasteiger partial charge on any atom is -0.491 e. The van der Waals surface area contributed by atoms with Gasteiger partial charge in [-0.2, -0.15) is 0 Å². The Morgan fingerprint density at radius 1 is 1.50 bits per heavy atom. The van der Waals surface area contributed by atoms with Gasteiger partial charge in [0.05, 0.1) is 17.9 Å². The summed E-state index contributed by atoms with van der Waals surface area (Å²) in [6.07, 6.45) is 3.46. The molecule has 1 saturated carbocycles. The van der Waals surface area contributed by atoms with Crippen LogP contribution < -0.4 is 15.0 Å². The van der Waals surface area contributed by atoms with E-state index >= 15 is 0 Å². The molecule has 2 unspecified atom stereocenters. The number of carbonyl (C=O) groups excluding carboxylic acids is 1. The van der Waals surface area contributed by atoms with Crippen LogP contribution in [0, 0.1) is 5.92 Å². The zero-order valence-corrected chi connectivity index (χ0v) is 12.2. The van der Waals surface area contributed by atoms with E-state index in [1.54, 1.807) is 7.05 Å². The highest BCUT2D eigenvalue weighted by Gasteiger charge is 2.48. The van der Waals surface area contributed by atoms with E-state index in [2.05, 4.69) is 17.1 Å². The van der Waals surface area contributed by atoms with Crippen molar-refractivity contribution in [2.24, 2.45) is 5.92 Å². The fourth-order valence-corrected chi connectivity index (χ4v) is 3.14. The van der Waals surface area contributed by atoms with Crippen molar-refractivity contribution in [3.63, 3.8) is 0 Å². The van der Waals surface area contributed by atoms with E-state index in [0.29, 0.717) is 12.6 Å². The highest BCUT2D eigenvalue weighted by molar-refractivity contribution is 6.01. The first-order valence-electron chi connectivity index (χ1n) is 7.50. The molecule has 2 fully saturated rings. The van der Waals surface area contributed by atoms with Gasteiger partial charge in [-0.3, -0.25) is 4.79 Å². The summed E-state index contributed by atoms with van der Waals surface area (Å²) in [6, 6.07) is 6.39. The van der Waals surface area contributed by atoms with E-state index in [1.165, 1.54) is 12.8 Å². The predicted octanol–water partition coefficient (Wildman–Crippen LogP) is 2.43. The van der Waals surface area contributed by atoms with Crippen molar-refractivity contribution in [3.8, 4) is 5.75 Å². The Morgan fingerprint density at radius 2 is 2.35 bits per heavy atom. The molecular formula is C16H22N2O2. The molecule has 1 amide bonds. The number of hydrogen-bond acceptors (Lipinski definition) is 3. The normalized spacial score (nSPS) is 23.4. The lowest BCUT2D eigenvalue weighted by atomic mass is 10.1. The molecule has 0 aromatic heterocycles. The molecule has 1 aliphatic carbocycles. The van der Waals surface area contributed by atoms with Crippen LogP contribution in [0.15, 0.2) is 18.2 Å². The molecule has 2 atom stereocenters. The maximum absolute atomic E-state index is 12.1. The van der Waals surface area contributed by atoms with Crippen molar-refractivity contribution in [3.05, 3.63) is 23.8 Å². The average molecular weight is 274 g/mol. The van der Waals surface area contributed by atoms with Crippen molar-refractivity contribution in [1.29, 1.82) is 0 Å². The zero-order chi connectivity index (χ0) is 14.1. The molecule has 1 heterocycles. The zero-order valence-electron chi connectivity index (χ0n) is 12.2. The molecule has 1 saturated heterocycles. The van der Waals surface area contributed by atoms with Gasteiger partial charge in [0, 0.05) is 19.6 Å². The number of nitrogens with one attached hydrogen (secondary N) is 1. The second-order valence-corrected chi connectivity index (χ2v) is 5.63. The van der Waals surface area contributed by atoms with Crippen molar-refractivity contribution >= 4 is 11.6 Å². The third-order valence-corrected chi connectivity index (χ3v) is 4.25. The SMILES string of the molecule is CCCOc1cccc(C(=O)NC)c1N1CCC2CC21. The molecule has 3 rings (SSSR count). The van der Waals surface area contributed by atoms with Gasteiger partial charge in [-0.05, 0) is 37.3 Å². The van der Waals surface area contributed by atoms with E-state index in [-0.39, 0.29) is 5.91 Å². The highest BCUT2D eigenvalue weighted by atomic mass is 16.5. The van der Waals surface area contributed by atoms with Gasteiger partial charge in [-0.15, -0.1) is 0 Å². The van der Waals surface area contributed by atoms with Gasteiger partial charge in [0.2, 0.25) is 0 Å². The first-order chi connectivity index (χ1) is 9.76. The van der Waals surface area contributed by atoms with Gasteiger partial charge in [0.1, 0.15) is 5.75 Å². The molecule has 1 aliphatic heterocycles. The minimum atomic E-state index is -0.0361. The van der Waals surface area contributed by atoms with Gasteiger partial charge >= 0.3 is 0 Å². The molecule has 2 aliphatic rings. The number of para-hydroxylation sites is 1. The Labute approximate surface area is 120 Å². The van der Waals surface area contributed by atoms with Crippen LogP contribution in [0.2, 0.25) is 0 Å². The van der Waals surface area contributed by atoms with Crippen LogP contribution in [0.3, 0.4) is 0 Å². The summed E-state index contributed by atoms with van der Waals surface area (Å²) in [5, 5.41) is 2.74. The number of carbonyl (C=O) groups is 1. The minimum absolute atomic E-state index is 0.0361. The number of benzene rings is 1. The van der Waals surface area contributed by atoms with Gasteiger partial charge in [-0.1, -0.05) is 13.0 Å². The summed E-state index contributed by atoms with van der Waals surface area (Å²) < 4.78 is 5.88. The van der Waals surface area contributed by atoms with E-state index in [4.69, 9.17) is 4.74 Å². The number of piperidine rings is 1. The summed E-state index contributed by atoms with van der Waals surface area (Å²) in [5.41, 5.74) is 1.72. The second-order valence-electron chi connectivity index (χ2n) is 5.63. The third-order valence-electron chi connectivity index (χ3n) is 4.25. The van der Waals surface area contributed by atoms with Crippen LogP contribution in [0.1, 0.15) is 36.5 Å². The number of ether oxygens (including phenoxy) is 1. The molecule has 4 heteroatoms. The molecule has 0 spiro atoms. The molecular weight excluding hydrogens is 252 g/mol. The van der Waals surface area contributed by atoms with Gasteiger partial charge < -0.3 is 15.0 Å². The van der Waals surface area contributed by atoms with Crippen LogP contribution >= 0.6 is 0 Å². The Bertz CT molecular complexity index is 515. The smallest absolute Gasteiger partial charge is 0.253 e. The first-order valence-corrected chi connectivity index (χ1v) is 7.50. The summed E-state index contributed by atoms with van der Waals surface area (Å²) in [5.74, 6) is 1.64. The molecule has 0 bridgehead atoms. The Balaban J connectivity index is 1.98. The molecule has 1 N–H and O–H groups in total. The van der Waals surface area contributed by atoms with Crippen molar-refractivity contribution in [2.45, 2.75) is 32.2 Å². The first kappa shape index (κ1) is 13.3. The number of fused-ring (bicyclic) bond motifs is 1. The molecule has 1 aromatic carbocycles. The van der Waals surface area contributed by atoms with Gasteiger partial charge in [-0.25, -0.2) is 0 Å². The highest BCUT2D eigenvalue weighted by Crippen LogP contribution is 2.49.